The summed E-state index contributed by atoms with van der Waals surface area (Å²) in [7, 11) is 0. The molecule has 0 saturated heterocycles. The van der Waals surface area contributed by atoms with Crippen LogP contribution in [0.2, 0.25) is 0 Å². The molecule has 19 heavy (non-hydrogen) atoms. The summed E-state index contributed by atoms with van der Waals surface area (Å²) < 4.78 is 0.843. The third-order valence-electron chi connectivity index (χ3n) is 3.91. The Bertz CT molecular complexity index is 463. The van der Waals surface area contributed by atoms with Crippen LogP contribution in [0.25, 0.3) is 0 Å². The molecule has 0 aliphatic heterocycles. The second-order valence-corrected chi connectivity index (χ2v) is 6.46. The molecule has 1 aliphatic rings. The molecule has 1 N–H and O–H groups in total. The SMILES string of the molecule is Cc1ccc(Br)c(C(=O)NCC2CCCC2CCl)c1. The lowest BCUT2D eigenvalue weighted by molar-refractivity contribution is 0.0944. The molecule has 1 fully saturated rings. The van der Waals surface area contributed by atoms with Crippen molar-refractivity contribution in [2.24, 2.45) is 11.8 Å². The van der Waals surface area contributed by atoms with Crippen molar-refractivity contribution in [3.63, 3.8) is 0 Å². The molecule has 0 heterocycles. The van der Waals surface area contributed by atoms with Crippen molar-refractivity contribution in [2.45, 2.75) is 26.2 Å². The zero-order chi connectivity index (χ0) is 13.8. The lowest BCUT2D eigenvalue weighted by Crippen LogP contribution is -2.31. The fourth-order valence-corrected chi connectivity index (χ4v) is 3.55. The van der Waals surface area contributed by atoms with Gasteiger partial charge in [0, 0.05) is 16.9 Å². The number of carbonyl (C=O) groups is 1. The molecule has 0 radical (unpaired) electrons. The zero-order valence-corrected chi connectivity index (χ0v) is 13.4. The number of hydrogen-bond acceptors (Lipinski definition) is 1. The number of nitrogens with one attached hydrogen (secondary N) is 1. The first-order valence-electron chi connectivity index (χ1n) is 6.72. The van der Waals surface area contributed by atoms with Gasteiger partial charge in [0.25, 0.3) is 5.91 Å². The molecule has 0 spiro atoms. The van der Waals surface area contributed by atoms with Gasteiger partial charge in [0.2, 0.25) is 0 Å². The zero-order valence-electron chi connectivity index (χ0n) is 11.1. The van der Waals surface area contributed by atoms with Crippen LogP contribution < -0.4 is 5.32 Å². The smallest absolute Gasteiger partial charge is 0.252 e. The fraction of sp³-hybridized carbons (Fsp3) is 0.533. The molecular weight excluding hydrogens is 326 g/mol. The van der Waals surface area contributed by atoms with Gasteiger partial charge in [-0.15, -0.1) is 11.6 Å². The topological polar surface area (TPSA) is 29.1 Å². The van der Waals surface area contributed by atoms with Crippen molar-refractivity contribution >= 4 is 33.4 Å². The molecule has 104 valence electrons. The lowest BCUT2D eigenvalue weighted by Gasteiger charge is -2.18. The van der Waals surface area contributed by atoms with E-state index >= 15 is 0 Å². The number of alkyl halides is 1. The van der Waals surface area contributed by atoms with Gasteiger partial charge in [-0.05, 0) is 59.7 Å². The van der Waals surface area contributed by atoms with Crippen LogP contribution in [0, 0.1) is 18.8 Å². The van der Waals surface area contributed by atoms with Crippen LogP contribution in [0.15, 0.2) is 22.7 Å². The molecular formula is C15H19BrClNO. The Kier molecular flexibility index (Phi) is 5.28. The molecule has 2 rings (SSSR count). The van der Waals surface area contributed by atoms with Crippen LogP contribution in [0.5, 0.6) is 0 Å². The van der Waals surface area contributed by atoms with Crippen LogP contribution in [-0.2, 0) is 0 Å². The van der Waals surface area contributed by atoms with Crippen molar-refractivity contribution in [2.75, 3.05) is 12.4 Å². The van der Waals surface area contributed by atoms with E-state index < -0.39 is 0 Å². The minimum Gasteiger partial charge on any atom is -0.352 e. The summed E-state index contributed by atoms with van der Waals surface area (Å²) in [6.45, 7) is 2.72. The number of rotatable bonds is 4. The van der Waals surface area contributed by atoms with Crippen LogP contribution in [-0.4, -0.2) is 18.3 Å². The number of hydrogen-bond donors (Lipinski definition) is 1. The number of halogens is 2. The minimum absolute atomic E-state index is 0.00389. The van der Waals surface area contributed by atoms with Crippen molar-refractivity contribution in [1.82, 2.24) is 5.32 Å². The van der Waals surface area contributed by atoms with Gasteiger partial charge in [0.1, 0.15) is 0 Å². The van der Waals surface area contributed by atoms with Gasteiger partial charge in [-0.2, -0.15) is 0 Å². The number of aryl methyl sites for hydroxylation is 1. The van der Waals surface area contributed by atoms with E-state index in [4.69, 9.17) is 11.6 Å². The Balaban J connectivity index is 1.96. The molecule has 1 amide bonds. The van der Waals surface area contributed by atoms with Crippen molar-refractivity contribution < 1.29 is 4.79 Å². The average Bonchev–Trinajstić information content (AvgIpc) is 2.86. The van der Waals surface area contributed by atoms with E-state index in [9.17, 15) is 4.79 Å². The summed E-state index contributed by atoms with van der Waals surface area (Å²) in [5, 5.41) is 3.05. The highest BCUT2D eigenvalue weighted by Gasteiger charge is 2.26. The highest BCUT2D eigenvalue weighted by atomic mass is 79.9. The van der Waals surface area contributed by atoms with Gasteiger partial charge in [0.05, 0.1) is 5.56 Å². The minimum atomic E-state index is -0.00389. The monoisotopic (exact) mass is 343 g/mol. The summed E-state index contributed by atoms with van der Waals surface area (Å²) in [6.07, 6.45) is 3.59. The summed E-state index contributed by atoms with van der Waals surface area (Å²) in [4.78, 5) is 12.2. The Morgan fingerprint density at radius 2 is 2.16 bits per heavy atom. The van der Waals surface area contributed by atoms with E-state index in [1.165, 1.54) is 19.3 Å². The van der Waals surface area contributed by atoms with Crippen LogP contribution >= 0.6 is 27.5 Å². The largest absolute Gasteiger partial charge is 0.352 e. The molecule has 2 unspecified atom stereocenters. The van der Waals surface area contributed by atoms with E-state index in [2.05, 4.69) is 21.2 Å². The molecule has 4 heteroatoms. The van der Waals surface area contributed by atoms with Gasteiger partial charge in [-0.25, -0.2) is 0 Å². The second kappa shape index (κ2) is 6.76. The van der Waals surface area contributed by atoms with Gasteiger partial charge in [-0.1, -0.05) is 18.1 Å². The van der Waals surface area contributed by atoms with E-state index in [1.807, 2.05) is 25.1 Å². The van der Waals surface area contributed by atoms with Crippen molar-refractivity contribution in [1.29, 1.82) is 0 Å². The number of benzene rings is 1. The van der Waals surface area contributed by atoms with Crippen LogP contribution in [0.3, 0.4) is 0 Å². The molecule has 0 bridgehead atoms. The van der Waals surface area contributed by atoms with Crippen LogP contribution in [0.4, 0.5) is 0 Å². The highest BCUT2D eigenvalue weighted by molar-refractivity contribution is 9.10. The number of amides is 1. The van der Waals surface area contributed by atoms with E-state index in [1.54, 1.807) is 0 Å². The lowest BCUT2D eigenvalue weighted by atomic mass is 9.98. The number of carbonyl (C=O) groups excluding carboxylic acids is 1. The molecule has 2 atom stereocenters. The predicted molar refractivity (Wildman–Crippen MR) is 82.8 cm³/mol. The van der Waals surface area contributed by atoms with E-state index in [0.717, 1.165) is 16.6 Å². The first-order chi connectivity index (χ1) is 9.11. The summed E-state index contributed by atoms with van der Waals surface area (Å²) in [5.74, 6) is 1.79. The fourth-order valence-electron chi connectivity index (χ4n) is 2.72. The molecule has 1 aliphatic carbocycles. The Labute approximate surface area is 128 Å². The molecule has 2 nitrogen and oxygen atoms in total. The van der Waals surface area contributed by atoms with Gasteiger partial charge < -0.3 is 5.32 Å². The van der Waals surface area contributed by atoms with E-state index in [0.29, 0.717) is 23.3 Å². The van der Waals surface area contributed by atoms with Crippen molar-refractivity contribution in [3.8, 4) is 0 Å². The van der Waals surface area contributed by atoms with E-state index in [-0.39, 0.29) is 5.91 Å². The van der Waals surface area contributed by atoms with Gasteiger partial charge in [0.15, 0.2) is 0 Å². The normalized spacial score (nSPS) is 22.5. The predicted octanol–water partition coefficient (Wildman–Crippen LogP) is 4.14. The molecule has 0 aromatic heterocycles. The quantitative estimate of drug-likeness (QED) is 0.817. The average molecular weight is 345 g/mol. The standard InChI is InChI=1S/C15H19BrClNO/c1-10-5-6-14(16)13(7-10)15(19)18-9-12-4-2-3-11(12)8-17/h5-7,11-12H,2-4,8-9H2,1H3,(H,18,19). The third-order valence-corrected chi connectivity index (χ3v) is 4.99. The third kappa shape index (κ3) is 3.73. The Morgan fingerprint density at radius 1 is 1.42 bits per heavy atom. The molecule has 1 aromatic rings. The summed E-state index contributed by atoms with van der Waals surface area (Å²) >= 11 is 9.39. The summed E-state index contributed by atoms with van der Waals surface area (Å²) in [5.41, 5.74) is 1.80. The van der Waals surface area contributed by atoms with Gasteiger partial charge in [-0.3, -0.25) is 4.79 Å². The molecule has 1 saturated carbocycles. The Morgan fingerprint density at radius 3 is 2.89 bits per heavy atom. The summed E-state index contributed by atoms with van der Waals surface area (Å²) in [6, 6.07) is 5.82. The highest BCUT2D eigenvalue weighted by Crippen LogP contribution is 2.32. The maximum Gasteiger partial charge on any atom is 0.252 e. The first kappa shape index (κ1) is 14.9. The Hall–Kier alpha value is -0.540. The maximum atomic E-state index is 12.2. The van der Waals surface area contributed by atoms with Crippen LogP contribution in [0.1, 0.15) is 35.2 Å². The van der Waals surface area contributed by atoms with Gasteiger partial charge >= 0.3 is 0 Å². The first-order valence-corrected chi connectivity index (χ1v) is 8.05. The second-order valence-electron chi connectivity index (χ2n) is 5.30. The molecule has 1 aromatic carbocycles. The maximum absolute atomic E-state index is 12.2. The van der Waals surface area contributed by atoms with Crippen molar-refractivity contribution in [3.05, 3.63) is 33.8 Å².